The van der Waals surface area contributed by atoms with Crippen molar-refractivity contribution in [2.24, 2.45) is 0 Å². The molecule has 0 saturated carbocycles. The van der Waals surface area contributed by atoms with Gasteiger partial charge < -0.3 is 14.0 Å². The molecule has 0 aliphatic carbocycles. The molecule has 47 heavy (non-hydrogen) atoms. The quantitative estimate of drug-likeness (QED) is 0.0917. The first-order chi connectivity index (χ1) is 20.7. The van der Waals surface area contributed by atoms with E-state index in [-0.39, 0.29) is 30.7 Å². The maximum absolute atomic E-state index is 10.7. The average molecular weight is 795 g/mol. The smallest absolute Gasteiger partial charge is 0.741 e. The zero-order valence-electron chi connectivity index (χ0n) is 30.8. The zero-order valence-corrected chi connectivity index (χ0v) is 34.0. The molecule has 0 aliphatic rings. The van der Waals surface area contributed by atoms with E-state index in [2.05, 4.69) is 114 Å². The molecule has 0 fully saturated rings. The van der Waals surface area contributed by atoms with Crippen molar-refractivity contribution in [2.75, 3.05) is 14.2 Å². The minimum atomic E-state index is -6.09. The predicted octanol–water partition coefficient (Wildman–Crippen LogP) is 10.9. The number of methoxy groups -OCH3 is 2. The molecule has 2 aromatic rings. The van der Waals surface area contributed by atoms with Crippen LogP contribution in [0.5, 0.6) is 11.5 Å². The van der Waals surface area contributed by atoms with Gasteiger partial charge in [0.15, 0.2) is 10.1 Å². The molecule has 0 radical (unpaired) electrons. The monoisotopic (exact) mass is 794 g/mol. The summed E-state index contributed by atoms with van der Waals surface area (Å²) >= 11 is 0. The second-order valence-corrected chi connectivity index (χ2v) is 19.1. The minimum absolute atomic E-state index is 0. The molecule has 0 saturated heterocycles. The molecule has 0 atom stereocenters. The molecule has 0 bridgehead atoms. The van der Waals surface area contributed by atoms with Gasteiger partial charge in [-0.25, -0.2) is 27.5 Å². The summed E-state index contributed by atoms with van der Waals surface area (Å²) in [6, 6.07) is 9.09. The van der Waals surface area contributed by atoms with Gasteiger partial charge in [0.05, 0.1) is 14.2 Å². The van der Waals surface area contributed by atoms with Crippen molar-refractivity contribution >= 4 is 23.3 Å². The first-order valence-corrected chi connectivity index (χ1v) is 18.1. The number of hydrogen-bond donors (Lipinski definition) is 0. The van der Waals surface area contributed by atoms with Gasteiger partial charge in [-0.15, -0.1) is 6.92 Å². The molecule has 0 amide bonds. The number of hydrogen-bond acceptors (Lipinski definition) is 5. The summed E-state index contributed by atoms with van der Waals surface area (Å²) in [5.74, 6) is 3.19. The van der Waals surface area contributed by atoms with Gasteiger partial charge in [-0.2, -0.15) is 13.2 Å². The normalized spacial score (nSPS) is 12.5. The van der Waals surface area contributed by atoms with E-state index in [1.807, 2.05) is 20.1 Å². The summed E-state index contributed by atoms with van der Waals surface area (Å²) < 4.78 is 71.1. The van der Waals surface area contributed by atoms with Crippen LogP contribution in [0, 0.1) is 6.92 Å². The molecule has 272 valence electrons. The van der Waals surface area contributed by atoms with E-state index in [0.29, 0.717) is 17.8 Å². The summed E-state index contributed by atoms with van der Waals surface area (Å²) in [5, 5.41) is 1.52. The van der Waals surface area contributed by atoms with Gasteiger partial charge in [-0.3, -0.25) is 0 Å². The third-order valence-electron chi connectivity index (χ3n) is 7.01. The van der Waals surface area contributed by atoms with Gasteiger partial charge in [0.25, 0.3) is 0 Å². The zero-order chi connectivity index (χ0) is 36.6. The number of halogens is 3. The summed E-state index contributed by atoms with van der Waals surface area (Å²) in [7, 11) is -3.10. The number of rotatable bonds is 7. The van der Waals surface area contributed by atoms with Crippen molar-refractivity contribution in [1.82, 2.24) is 0 Å². The van der Waals surface area contributed by atoms with Crippen LogP contribution in [0.3, 0.4) is 0 Å². The molecule has 5 nitrogen and oxygen atoms in total. The first-order valence-electron chi connectivity index (χ1n) is 15.4. The standard InChI is InChI=1S/C31H49O2P.C4H7.CHF3O3S.Pd/c1-19(2)22-17-23(20(3)4)27(24(18-22)21(5)6)28-25(32-13)15-16-26(33-14)29(28)34(30(7,8)9)31(10,11)12;1-3-4-2;2-1(3,4)8(5,6)7;/h15-21H,1-14H3;3-4H,1H2,2H3;(H,5,6,7);/q;-1;;+2/p-1/b;4-3+;;. The summed E-state index contributed by atoms with van der Waals surface area (Å²) in [6.07, 6.45) is 3.64. The van der Waals surface area contributed by atoms with Crippen LogP contribution in [0.2, 0.25) is 0 Å². The van der Waals surface area contributed by atoms with E-state index in [4.69, 9.17) is 22.4 Å². The number of ether oxygens (including phenoxy) is 2. The van der Waals surface area contributed by atoms with Crippen LogP contribution >= 0.6 is 7.92 Å². The minimum Gasteiger partial charge on any atom is -0.741 e. The SMILES string of the molecule is COc1ccc(OC)c(P(C(C)(C)C)C(C)(C)C)c1-c1c(C(C)C)cc(C(C)C)cc1C(C)C.O=S(=O)([O-])C(F)(F)F.[CH2-]/C=C/C.[Pd+2]. The molecule has 0 aliphatic heterocycles. The van der Waals surface area contributed by atoms with Gasteiger partial charge >= 0.3 is 25.9 Å². The summed E-state index contributed by atoms with van der Waals surface area (Å²) in [5.41, 5.74) is 1.16. The fraction of sp³-hybridized carbons (Fsp3) is 0.583. The van der Waals surface area contributed by atoms with Gasteiger partial charge in [-0.1, -0.05) is 103 Å². The predicted molar refractivity (Wildman–Crippen MR) is 189 cm³/mol. The average Bonchev–Trinajstić information content (AvgIpc) is 2.89. The Bertz CT molecular complexity index is 1360. The van der Waals surface area contributed by atoms with Crippen LogP contribution in [0.25, 0.3) is 11.1 Å². The van der Waals surface area contributed by atoms with Crippen molar-refractivity contribution < 1.29 is 56.0 Å². The Morgan fingerprint density at radius 2 is 1.13 bits per heavy atom. The number of alkyl halides is 3. The largest absolute Gasteiger partial charge is 2.00 e. The van der Waals surface area contributed by atoms with E-state index >= 15 is 0 Å². The molecule has 0 spiro atoms. The van der Waals surface area contributed by atoms with Crippen LogP contribution in [0.15, 0.2) is 36.4 Å². The molecule has 2 rings (SSSR count). The summed E-state index contributed by atoms with van der Waals surface area (Å²) in [4.78, 5) is 0. The fourth-order valence-electron chi connectivity index (χ4n) is 5.27. The number of allylic oxidation sites excluding steroid dienone is 2. The van der Waals surface area contributed by atoms with Crippen molar-refractivity contribution in [3.8, 4) is 22.6 Å². The van der Waals surface area contributed by atoms with Gasteiger partial charge in [-0.05, 0) is 62.5 Å². The van der Waals surface area contributed by atoms with Crippen LogP contribution in [-0.4, -0.2) is 43.0 Å². The van der Waals surface area contributed by atoms with Crippen LogP contribution in [0.1, 0.15) is 124 Å². The molecular weight excluding hydrogens is 739 g/mol. The van der Waals surface area contributed by atoms with Gasteiger partial charge in [0.2, 0.25) is 0 Å². The molecule has 0 unspecified atom stereocenters. The Balaban J connectivity index is 0. The van der Waals surface area contributed by atoms with Crippen LogP contribution in [0.4, 0.5) is 13.2 Å². The van der Waals surface area contributed by atoms with Crippen LogP contribution in [-0.2, 0) is 30.5 Å². The Labute approximate surface area is 298 Å². The van der Waals surface area contributed by atoms with Crippen molar-refractivity contribution in [2.45, 2.75) is 124 Å². The molecule has 11 heteroatoms. The topological polar surface area (TPSA) is 75.7 Å². The Morgan fingerprint density at radius 3 is 1.36 bits per heavy atom. The fourth-order valence-corrected chi connectivity index (χ4v) is 9.46. The van der Waals surface area contributed by atoms with Gasteiger partial charge in [0, 0.05) is 10.9 Å². The summed E-state index contributed by atoms with van der Waals surface area (Å²) in [6.45, 7) is 33.5. The van der Waals surface area contributed by atoms with E-state index in [0.717, 1.165) is 11.5 Å². The van der Waals surface area contributed by atoms with Crippen molar-refractivity contribution in [1.29, 1.82) is 0 Å². The maximum atomic E-state index is 10.7. The first kappa shape index (κ1) is 47.6. The Hall–Kier alpha value is -1.56. The number of benzene rings is 2. The second kappa shape index (κ2) is 19.0. The third kappa shape index (κ3) is 13.3. The van der Waals surface area contributed by atoms with E-state index in [1.54, 1.807) is 13.2 Å². The second-order valence-electron chi connectivity index (χ2n) is 13.9. The Kier molecular flexibility index (Phi) is 19.2. The Morgan fingerprint density at radius 1 is 0.787 bits per heavy atom. The maximum Gasteiger partial charge on any atom is 2.00 e. The third-order valence-corrected chi connectivity index (χ3v) is 11.2. The van der Waals surface area contributed by atoms with E-state index in [9.17, 15) is 13.2 Å². The molecular formula is C36H56F3O5PPdS. The molecule has 0 heterocycles. The van der Waals surface area contributed by atoms with E-state index < -0.39 is 23.5 Å². The molecule has 0 aromatic heterocycles. The van der Waals surface area contributed by atoms with E-state index in [1.165, 1.54) is 33.1 Å². The molecule has 2 aromatic carbocycles. The van der Waals surface area contributed by atoms with Crippen LogP contribution < -0.4 is 14.8 Å². The van der Waals surface area contributed by atoms with Crippen molar-refractivity contribution in [3.05, 3.63) is 60.0 Å². The van der Waals surface area contributed by atoms with Gasteiger partial charge in [0.1, 0.15) is 11.5 Å². The van der Waals surface area contributed by atoms with Crippen molar-refractivity contribution in [3.63, 3.8) is 0 Å². The molecule has 0 N–H and O–H groups in total.